The molecule has 0 radical (unpaired) electrons. The van der Waals surface area contributed by atoms with E-state index in [2.05, 4.69) is 11.4 Å². The van der Waals surface area contributed by atoms with Crippen LogP contribution in [0.4, 0.5) is 0 Å². The summed E-state index contributed by atoms with van der Waals surface area (Å²) in [5.74, 6) is -0.111. The van der Waals surface area contributed by atoms with Crippen molar-refractivity contribution in [3.63, 3.8) is 0 Å². The zero-order valence-electron chi connectivity index (χ0n) is 12.5. The van der Waals surface area contributed by atoms with Crippen LogP contribution in [0.25, 0.3) is 0 Å². The maximum atomic E-state index is 12.1. The summed E-state index contributed by atoms with van der Waals surface area (Å²) in [6.07, 6.45) is 0. The third-order valence-electron chi connectivity index (χ3n) is 4.55. The molecule has 3 atom stereocenters. The van der Waals surface area contributed by atoms with Gasteiger partial charge in [0.2, 0.25) is 0 Å². The lowest BCUT2D eigenvalue weighted by molar-refractivity contribution is -0.119. The summed E-state index contributed by atoms with van der Waals surface area (Å²) in [5, 5.41) is 13.3. The third-order valence-corrected chi connectivity index (χ3v) is 4.55. The molecule has 2 aromatic rings. The van der Waals surface area contributed by atoms with Gasteiger partial charge in [-0.3, -0.25) is 4.79 Å². The van der Waals surface area contributed by atoms with E-state index >= 15 is 0 Å². The Bertz CT molecular complexity index is 705. The zero-order valence-corrected chi connectivity index (χ0v) is 12.5. The second-order valence-electron chi connectivity index (χ2n) is 5.81. The normalized spacial score (nSPS) is 27.3. The summed E-state index contributed by atoms with van der Waals surface area (Å²) in [5.41, 5.74) is 1.26. The second kappa shape index (κ2) is 5.75. The predicted molar refractivity (Wildman–Crippen MR) is 85.4 cm³/mol. The molecule has 0 aromatic heterocycles. The molecule has 1 aliphatic heterocycles. The Labute approximate surface area is 130 Å². The molecule has 2 unspecified atom stereocenters. The number of hydrogen-bond donors (Lipinski definition) is 1. The van der Waals surface area contributed by atoms with Gasteiger partial charge in [-0.05, 0) is 18.1 Å². The number of carbonyl (C=O) groups is 1. The van der Waals surface area contributed by atoms with Crippen LogP contribution in [0.2, 0.25) is 0 Å². The molecule has 110 valence electrons. The van der Waals surface area contributed by atoms with Crippen LogP contribution in [0.15, 0.2) is 60.7 Å². The van der Waals surface area contributed by atoms with Gasteiger partial charge in [0.1, 0.15) is 11.2 Å². The fourth-order valence-corrected chi connectivity index (χ4v) is 3.49. The van der Waals surface area contributed by atoms with Crippen molar-refractivity contribution < 1.29 is 4.79 Å². The van der Waals surface area contributed by atoms with Gasteiger partial charge in [0.25, 0.3) is 0 Å². The van der Waals surface area contributed by atoms with Crippen molar-refractivity contribution >= 4 is 5.78 Å². The summed E-state index contributed by atoms with van der Waals surface area (Å²) < 4.78 is 0. The van der Waals surface area contributed by atoms with Gasteiger partial charge in [-0.2, -0.15) is 5.26 Å². The van der Waals surface area contributed by atoms with Gasteiger partial charge in [0.05, 0.1) is 12.1 Å². The molecular weight excluding hydrogens is 272 g/mol. The monoisotopic (exact) mass is 290 g/mol. The van der Waals surface area contributed by atoms with Crippen LogP contribution >= 0.6 is 0 Å². The highest BCUT2D eigenvalue weighted by Crippen LogP contribution is 2.44. The molecule has 1 aliphatic rings. The number of hydrogen-bond acceptors (Lipinski definition) is 3. The average Bonchev–Trinajstić information content (AvgIpc) is 2.97. The van der Waals surface area contributed by atoms with Crippen LogP contribution < -0.4 is 5.32 Å². The Hall–Kier alpha value is -2.44. The Morgan fingerprint density at radius 2 is 1.73 bits per heavy atom. The summed E-state index contributed by atoms with van der Waals surface area (Å²) in [7, 11) is 0. The van der Waals surface area contributed by atoms with Gasteiger partial charge >= 0.3 is 0 Å². The van der Waals surface area contributed by atoms with Crippen molar-refractivity contribution in [3.05, 3.63) is 71.8 Å². The molecule has 1 heterocycles. The van der Waals surface area contributed by atoms with Crippen molar-refractivity contribution in [2.45, 2.75) is 24.3 Å². The number of rotatable bonds is 3. The molecule has 2 aromatic carbocycles. The average molecular weight is 290 g/mol. The molecule has 0 amide bonds. The van der Waals surface area contributed by atoms with Crippen LogP contribution in [-0.4, -0.2) is 18.4 Å². The summed E-state index contributed by atoms with van der Waals surface area (Å²) in [6, 6.07) is 21.8. The molecule has 0 spiro atoms. The van der Waals surface area contributed by atoms with Gasteiger partial charge in [0.15, 0.2) is 0 Å². The number of nitrogens with one attached hydrogen (secondary N) is 1. The van der Waals surface area contributed by atoms with Gasteiger partial charge < -0.3 is 5.32 Å². The maximum absolute atomic E-state index is 12.1. The van der Waals surface area contributed by atoms with Crippen molar-refractivity contribution in [1.29, 1.82) is 5.26 Å². The molecule has 1 N–H and O–H groups in total. The lowest BCUT2D eigenvalue weighted by Crippen LogP contribution is -2.36. The van der Waals surface area contributed by atoms with E-state index in [1.807, 2.05) is 60.7 Å². The van der Waals surface area contributed by atoms with E-state index in [0.717, 1.165) is 11.1 Å². The first-order chi connectivity index (χ1) is 10.7. The van der Waals surface area contributed by atoms with Crippen LogP contribution in [0.5, 0.6) is 0 Å². The molecule has 1 fully saturated rings. The molecule has 3 rings (SSSR count). The first kappa shape index (κ1) is 14.5. The lowest BCUT2D eigenvalue weighted by atomic mass is 9.68. The minimum absolute atomic E-state index is 0.0712. The highest BCUT2D eigenvalue weighted by atomic mass is 16.1. The van der Waals surface area contributed by atoms with E-state index in [1.165, 1.54) is 0 Å². The van der Waals surface area contributed by atoms with E-state index < -0.39 is 5.41 Å². The Balaban J connectivity index is 2.17. The number of benzene rings is 2. The maximum Gasteiger partial charge on any atom is 0.147 e. The minimum atomic E-state index is -0.723. The minimum Gasteiger partial charge on any atom is -0.305 e. The first-order valence-corrected chi connectivity index (χ1v) is 7.44. The zero-order chi connectivity index (χ0) is 15.6. The number of nitriles is 1. The van der Waals surface area contributed by atoms with Crippen LogP contribution in [-0.2, 0) is 10.2 Å². The summed E-state index contributed by atoms with van der Waals surface area (Å²) in [4.78, 5) is 12.1. The van der Waals surface area contributed by atoms with E-state index in [-0.39, 0.29) is 17.7 Å². The number of nitrogens with zero attached hydrogens (tertiary/aromatic N) is 1. The molecule has 22 heavy (non-hydrogen) atoms. The van der Waals surface area contributed by atoms with Gasteiger partial charge in [-0.1, -0.05) is 60.7 Å². The van der Waals surface area contributed by atoms with Crippen molar-refractivity contribution in [2.75, 3.05) is 6.54 Å². The smallest absolute Gasteiger partial charge is 0.147 e. The quantitative estimate of drug-likeness (QED) is 0.945. The van der Waals surface area contributed by atoms with Crippen LogP contribution in [0, 0.1) is 11.3 Å². The van der Waals surface area contributed by atoms with Gasteiger partial charge in [-0.25, -0.2) is 0 Å². The summed E-state index contributed by atoms with van der Waals surface area (Å²) in [6.45, 7) is 2.07. The van der Waals surface area contributed by atoms with Crippen molar-refractivity contribution in [1.82, 2.24) is 5.32 Å². The van der Waals surface area contributed by atoms with Crippen LogP contribution in [0.1, 0.15) is 24.0 Å². The standard InChI is InChI=1S/C19H18N2O/c1-14(22)18-17(15-8-4-2-5-9-15)19(12-20,13-21-18)16-10-6-3-7-11-16/h2-11,17-18,21H,13H2,1H3/t17?,18?,19-/m1/s1. The number of Topliss-reactive ketones (excluding diaryl/α,β-unsaturated/α-hetero) is 1. The van der Waals surface area contributed by atoms with Gasteiger partial charge in [-0.15, -0.1) is 0 Å². The van der Waals surface area contributed by atoms with Crippen molar-refractivity contribution in [3.8, 4) is 6.07 Å². The first-order valence-electron chi connectivity index (χ1n) is 7.44. The van der Waals surface area contributed by atoms with Crippen molar-refractivity contribution in [2.24, 2.45) is 0 Å². The SMILES string of the molecule is CC(=O)C1NC[C@](C#N)(c2ccccc2)C1c1ccccc1. The number of ketones is 1. The molecule has 0 bridgehead atoms. The molecular formula is C19H18N2O. The molecule has 1 saturated heterocycles. The molecule has 0 aliphatic carbocycles. The van der Waals surface area contributed by atoms with E-state index in [9.17, 15) is 10.1 Å². The fraction of sp³-hybridized carbons (Fsp3) is 0.263. The van der Waals surface area contributed by atoms with Gasteiger partial charge in [0, 0.05) is 12.5 Å². The Morgan fingerprint density at radius 1 is 1.14 bits per heavy atom. The highest BCUT2D eigenvalue weighted by molar-refractivity contribution is 5.84. The third kappa shape index (κ3) is 2.22. The van der Waals surface area contributed by atoms with E-state index in [1.54, 1.807) is 6.92 Å². The molecule has 3 nitrogen and oxygen atoms in total. The summed E-state index contributed by atoms with van der Waals surface area (Å²) >= 11 is 0. The topological polar surface area (TPSA) is 52.9 Å². The Kier molecular flexibility index (Phi) is 3.79. The number of carbonyl (C=O) groups excluding carboxylic acids is 1. The Morgan fingerprint density at radius 3 is 2.27 bits per heavy atom. The predicted octanol–water partition coefficient (Wildman–Crippen LogP) is 2.79. The largest absolute Gasteiger partial charge is 0.305 e. The van der Waals surface area contributed by atoms with E-state index in [0.29, 0.717) is 6.54 Å². The highest BCUT2D eigenvalue weighted by Gasteiger charge is 2.52. The molecule has 0 saturated carbocycles. The van der Waals surface area contributed by atoms with Crippen LogP contribution in [0.3, 0.4) is 0 Å². The molecule has 3 heteroatoms. The second-order valence-corrected chi connectivity index (χ2v) is 5.81. The van der Waals surface area contributed by atoms with E-state index in [4.69, 9.17) is 0 Å². The fourth-order valence-electron chi connectivity index (χ4n) is 3.49. The lowest BCUT2D eigenvalue weighted by Gasteiger charge is -2.30.